The molecule has 4 heteroatoms. The summed E-state index contributed by atoms with van der Waals surface area (Å²) < 4.78 is 4.83. The zero-order chi connectivity index (χ0) is 13.7. The molecule has 1 aliphatic heterocycles. The van der Waals surface area contributed by atoms with E-state index in [-0.39, 0.29) is 17.9 Å². The summed E-state index contributed by atoms with van der Waals surface area (Å²) in [5.74, 6) is -0.176. The molecule has 2 unspecified atom stereocenters. The van der Waals surface area contributed by atoms with Gasteiger partial charge in [0.25, 0.3) is 0 Å². The number of ether oxygens (including phenoxy) is 1. The summed E-state index contributed by atoms with van der Waals surface area (Å²) in [4.78, 5) is 16.4. The van der Waals surface area contributed by atoms with Crippen molar-refractivity contribution in [2.24, 2.45) is 5.92 Å². The molecule has 1 rings (SSSR count). The second-order valence-electron chi connectivity index (χ2n) is 5.38. The van der Waals surface area contributed by atoms with Crippen LogP contribution in [0.15, 0.2) is 0 Å². The van der Waals surface area contributed by atoms with E-state index in [1.807, 2.05) is 6.92 Å². The summed E-state index contributed by atoms with van der Waals surface area (Å²) in [5.41, 5.74) is 0. The molecule has 106 valence electrons. The molecule has 0 aliphatic carbocycles. The van der Waals surface area contributed by atoms with Crippen LogP contribution in [0.1, 0.15) is 33.6 Å². The fourth-order valence-corrected chi connectivity index (χ4v) is 2.71. The number of hydrogen-bond acceptors (Lipinski definition) is 4. The summed E-state index contributed by atoms with van der Waals surface area (Å²) in [6, 6.07) is 0.825. The lowest BCUT2D eigenvalue weighted by atomic mass is 9.97. The van der Waals surface area contributed by atoms with Gasteiger partial charge in [-0.25, -0.2) is 0 Å². The van der Waals surface area contributed by atoms with Gasteiger partial charge in [0.15, 0.2) is 0 Å². The van der Waals surface area contributed by atoms with Gasteiger partial charge < -0.3 is 9.64 Å². The van der Waals surface area contributed by atoms with E-state index < -0.39 is 0 Å². The average Bonchev–Trinajstić information content (AvgIpc) is 2.44. The largest absolute Gasteiger partial charge is 0.469 e. The Balaban J connectivity index is 2.49. The van der Waals surface area contributed by atoms with E-state index in [4.69, 9.17) is 4.74 Å². The number of likely N-dealkylation sites (tertiary alicyclic amines) is 1. The SMILES string of the molecule is CCN1CCC(N(C)C(C)C(C)C(=O)OC)CC1. The summed E-state index contributed by atoms with van der Waals surface area (Å²) in [7, 11) is 3.60. The smallest absolute Gasteiger partial charge is 0.309 e. The molecule has 0 spiro atoms. The zero-order valence-corrected chi connectivity index (χ0v) is 12.5. The minimum Gasteiger partial charge on any atom is -0.469 e. The van der Waals surface area contributed by atoms with Gasteiger partial charge in [0.05, 0.1) is 13.0 Å². The first-order chi connectivity index (χ1) is 8.51. The maximum Gasteiger partial charge on any atom is 0.309 e. The molecule has 18 heavy (non-hydrogen) atoms. The van der Waals surface area contributed by atoms with Crippen LogP contribution in [0.3, 0.4) is 0 Å². The first kappa shape index (κ1) is 15.4. The lowest BCUT2D eigenvalue weighted by Crippen LogP contribution is -2.49. The van der Waals surface area contributed by atoms with Crippen LogP contribution in [-0.2, 0) is 9.53 Å². The fraction of sp³-hybridized carbons (Fsp3) is 0.929. The number of methoxy groups -OCH3 is 1. The number of carbonyl (C=O) groups excluding carboxylic acids is 1. The molecule has 1 heterocycles. The van der Waals surface area contributed by atoms with Crippen LogP contribution in [0, 0.1) is 5.92 Å². The van der Waals surface area contributed by atoms with E-state index in [0.717, 1.165) is 6.54 Å². The highest BCUT2D eigenvalue weighted by molar-refractivity contribution is 5.72. The lowest BCUT2D eigenvalue weighted by Gasteiger charge is -2.40. The molecule has 1 fully saturated rings. The van der Waals surface area contributed by atoms with Crippen molar-refractivity contribution >= 4 is 5.97 Å². The molecule has 0 aromatic rings. The Morgan fingerprint density at radius 2 is 1.94 bits per heavy atom. The van der Waals surface area contributed by atoms with Crippen molar-refractivity contribution in [1.29, 1.82) is 0 Å². The third-order valence-corrected chi connectivity index (χ3v) is 4.52. The molecule has 0 saturated carbocycles. The third kappa shape index (κ3) is 3.69. The summed E-state index contributed by atoms with van der Waals surface area (Å²) >= 11 is 0. The van der Waals surface area contributed by atoms with E-state index in [0.29, 0.717) is 6.04 Å². The number of piperidine rings is 1. The van der Waals surface area contributed by atoms with E-state index in [9.17, 15) is 4.79 Å². The molecule has 4 nitrogen and oxygen atoms in total. The second kappa shape index (κ2) is 7.10. The topological polar surface area (TPSA) is 32.8 Å². The molecule has 0 aromatic carbocycles. The quantitative estimate of drug-likeness (QED) is 0.700. The minimum atomic E-state index is -0.111. The van der Waals surface area contributed by atoms with Crippen molar-refractivity contribution in [3.05, 3.63) is 0 Å². The van der Waals surface area contributed by atoms with E-state index in [1.54, 1.807) is 0 Å². The van der Waals surface area contributed by atoms with Crippen LogP contribution in [0.25, 0.3) is 0 Å². The van der Waals surface area contributed by atoms with Crippen LogP contribution in [0.5, 0.6) is 0 Å². The maximum absolute atomic E-state index is 11.6. The number of esters is 1. The molecule has 0 aromatic heterocycles. The van der Waals surface area contributed by atoms with Gasteiger partial charge >= 0.3 is 5.97 Å². The number of hydrogen-bond donors (Lipinski definition) is 0. The predicted molar refractivity (Wildman–Crippen MR) is 73.5 cm³/mol. The monoisotopic (exact) mass is 256 g/mol. The van der Waals surface area contributed by atoms with E-state index in [1.165, 1.54) is 33.0 Å². The highest BCUT2D eigenvalue weighted by Crippen LogP contribution is 2.20. The first-order valence-corrected chi connectivity index (χ1v) is 7.03. The van der Waals surface area contributed by atoms with E-state index >= 15 is 0 Å². The summed E-state index contributed by atoms with van der Waals surface area (Å²) in [6.07, 6.45) is 2.39. The molecule has 2 atom stereocenters. The Bertz CT molecular complexity index is 263. The van der Waals surface area contributed by atoms with Gasteiger partial charge in [-0.15, -0.1) is 0 Å². The van der Waals surface area contributed by atoms with Gasteiger partial charge in [0.1, 0.15) is 0 Å². The van der Waals surface area contributed by atoms with Crippen molar-refractivity contribution in [2.75, 3.05) is 33.8 Å². The summed E-state index contributed by atoms with van der Waals surface area (Å²) in [6.45, 7) is 9.77. The molecule has 0 N–H and O–H groups in total. The Morgan fingerprint density at radius 3 is 2.39 bits per heavy atom. The second-order valence-corrected chi connectivity index (χ2v) is 5.38. The highest BCUT2D eigenvalue weighted by atomic mass is 16.5. The maximum atomic E-state index is 11.6. The Kier molecular flexibility index (Phi) is 6.09. The number of rotatable bonds is 5. The van der Waals surface area contributed by atoms with Gasteiger partial charge in [-0.3, -0.25) is 9.69 Å². The normalized spacial score (nSPS) is 21.9. The average molecular weight is 256 g/mol. The van der Waals surface area contributed by atoms with E-state index in [2.05, 4.69) is 30.7 Å². The van der Waals surface area contributed by atoms with Crippen molar-refractivity contribution in [3.63, 3.8) is 0 Å². The molecule has 1 saturated heterocycles. The van der Waals surface area contributed by atoms with Crippen molar-refractivity contribution < 1.29 is 9.53 Å². The van der Waals surface area contributed by atoms with Crippen LogP contribution < -0.4 is 0 Å². The molecule has 1 aliphatic rings. The molecule has 0 amide bonds. The number of nitrogens with zero attached hydrogens (tertiary/aromatic N) is 2. The predicted octanol–water partition coefficient (Wildman–Crippen LogP) is 1.60. The third-order valence-electron chi connectivity index (χ3n) is 4.52. The van der Waals surface area contributed by atoms with Crippen molar-refractivity contribution in [1.82, 2.24) is 9.80 Å². The van der Waals surface area contributed by atoms with Crippen molar-refractivity contribution in [3.8, 4) is 0 Å². The fourth-order valence-electron chi connectivity index (χ4n) is 2.71. The molecular weight excluding hydrogens is 228 g/mol. The van der Waals surface area contributed by atoms with Gasteiger partial charge in [-0.1, -0.05) is 13.8 Å². The van der Waals surface area contributed by atoms with Crippen LogP contribution >= 0.6 is 0 Å². The Hall–Kier alpha value is -0.610. The van der Waals surface area contributed by atoms with Crippen molar-refractivity contribution in [2.45, 2.75) is 45.7 Å². The minimum absolute atomic E-state index is 0.0656. The Labute approximate surface area is 111 Å². The molecular formula is C14H28N2O2. The lowest BCUT2D eigenvalue weighted by molar-refractivity contribution is -0.147. The van der Waals surface area contributed by atoms with Crippen LogP contribution in [0.2, 0.25) is 0 Å². The first-order valence-electron chi connectivity index (χ1n) is 7.03. The molecule has 0 bridgehead atoms. The Morgan fingerprint density at radius 1 is 1.39 bits per heavy atom. The molecule has 0 radical (unpaired) electrons. The zero-order valence-electron chi connectivity index (χ0n) is 12.5. The highest BCUT2D eigenvalue weighted by Gasteiger charge is 2.30. The standard InChI is InChI=1S/C14H28N2O2/c1-6-16-9-7-13(8-10-16)15(4)12(3)11(2)14(17)18-5/h11-13H,6-10H2,1-5H3. The van der Waals surface area contributed by atoms with Gasteiger partial charge in [-0.05, 0) is 46.4 Å². The van der Waals surface area contributed by atoms with Crippen LogP contribution in [-0.4, -0.2) is 61.6 Å². The van der Waals surface area contributed by atoms with Gasteiger partial charge in [0, 0.05) is 12.1 Å². The summed E-state index contributed by atoms with van der Waals surface area (Å²) in [5, 5.41) is 0. The van der Waals surface area contributed by atoms with Crippen LogP contribution in [0.4, 0.5) is 0 Å². The van der Waals surface area contributed by atoms with Gasteiger partial charge in [0.2, 0.25) is 0 Å². The van der Waals surface area contributed by atoms with Gasteiger partial charge in [-0.2, -0.15) is 0 Å². The number of carbonyl (C=O) groups is 1.